The molecule has 0 aliphatic carbocycles. The van der Waals surface area contributed by atoms with Crippen molar-refractivity contribution < 1.29 is 4.79 Å². The Labute approximate surface area is 169 Å². The minimum absolute atomic E-state index is 0.0846. The second kappa shape index (κ2) is 9.92. The number of rotatable bonds is 7. The van der Waals surface area contributed by atoms with Crippen molar-refractivity contribution in [2.75, 3.05) is 38.0 Å². The van der Waals surface area contributed by atoms with Gasteiger partial charge in [-0.1, -0.05) is 32.0 Å². The van der Waals surface area contributed by atoms with Crippen LogP contribution in [0.4, 0.5) is 5.69 Å². The summed E-state index contributed by atoms with van der Waals surface area (Å²) in [5.41, 5.74) is 2.13. The summed E-state index contributed by atoms with van der Waals surface area (Å²) in [5, 5.41) is 9.81. The lowest BCUT2D eigenvalue weighted by atomic mass is 9.90. The van der Waals surface area contributed by atoms with Gasteiger partial charge >= 0.3 is 0 Å². The van der Waals surface area contributed by atoms with Crippen LogP contribution in [0, 0.1) is 5.92 Å². The summed E-state index contributed by atoms with van der Waals surface area (Å²) in [5.74, 6) is 1.67. The van der Waals surface area contributed by atoms with E-state index in [1.807, 2.05) is 18.2 Å². The molecule has 2 aliphatic rings. The number of nitrogens with zero attached hydrogens (tertiary/aromatic N) is 2. The van der Waals surface area contributed by atoms with Crippen molar-refractivity contribution in [1.29, 1.82) is 0 Å². The predicted molar refractivity (Wildman–Crippen MR) is 116 cm³/mol. The summed E-state index contributed by atoms with van der Waals surface area (Å²) < 4.78 is 0. The Kier molecular flexibility index (Phi) is 7.31. The molecular formula is C22H35N5O. The van der Waals surface area contributed by atoms with Crippen molar-refractivity contribution >= 4 is 17.6 Å². The van der Waals surface area contributed by atoms with E-state index in [1.165, 1.54) is 31.5 Å². The second-order valence-corrected chi connectivity index (χ2v) is 8.19. The number of fused-ring (bicyclic) bond motifs is 1. The van der Waals surface area contributed by atoms with Gasteiger partial charge in [0.15, 0.2) is 5.96 Å². The van der Waals surface area contributed by atoms with Gasteiger partial charge in [0.25, 0.3) is 0 Å². The number of guanidine groups is 1. The van der Waals surface area contributed by atoms with Crippen LogP contribution in [-0.2, 0) is 4.79 Å². The Bertz CT molecular complexity index is 681. The normalized spacial score (nSPS) is 21.4. The average molecular weight is 386 g/mol. The fraction of sp³-hybridized carbons (Fsp3) is 0.636. The SMILES string of the molecule is CCNC(=NCC(C(C)C)N1CCCC1)NCC1CC(=O)Nc2ccccc21. The number of benzene rings is 1. The van der Waals surface area contributed by atoms with Gasteiger partial charge in [-0.25, -0.2) is 0 Å². The van der Waals surface area contributed by atoms with Crippen molar-refractivity contribution in [2.45, 2.75) is 52.0 Å². The van der Waals surface area contributed by atoms with Crippen LogP contribution in [0.5, 0.6) is 0 Å². The van der Waals surface area contributed by atoms with Crippen molar-refractivity contribution in [2.24, 2.45) is 10.9 Å². The Morgan fingerprint density at radius 1 is 1.25 bits per heavy atom. The minimum atomic E-state index is 0.0846. The van der Waals surface area contributed by atoms with E-state index >= 15 is 0 Å². The number of para-hydroxylation sites is 1. The number of hydrogen-bond acceptors (Lipinski definition) is 3. The molecule has 0 aromatic heterocycles. The van der Waals surface area contributed by atoms with Crippen LogP contribution in [0.2, 0.25) is 0 Å². The fourth-order valence-electron chi connectivity index (χ4n) is 4.25. The van der Waals surface area contributed by atoms with Gasteiger partial charge in [-0.3, -0.25) is 14.7 Å². The molecule has 6 nitrogen and oxygen atoms in total. The summed E-state index contributed by atoms with van der Waals surface area (Å²) in [6.07, 6.45) is 3.11. The maximum Gasteiger partial charge on any atom is 0.225 e. The minimum Gasteiger partial charge on any atom is -0.357 e. The number of amides is 1. The summed E-state index contributed by atoms with van der Waals surface area (Å²) in [4.78, 5) is 19.5. The standard InChI is InChI=1S/C22H35N5O/c1-4-23-22(25-15-20(16(2)3)27-11-7-8-12-27)24-14-17-13-21(28)26-19-10-6-5-9-18(17)19/h5-6,9-10,16-17,20H,4,7-8,11-15H2,1-3H3,(H,26,28)(H2,23,24,25). The molecule has 0 radical (unpaired) electrons. The van der Waals surface area contributed by atoms with E-state index in [4.69, 9.17) is 4.99 Å². The van der Waals surface area contributed by atoms with Crippen LogP contribution in [0.25, 0.3) is 0 Å². The van der Waals surface area contributed by atoms with Crippen LogP contribution in [0.15, 0.2) is 29.3 Å². The van der Waals surface area contributed by atoms with Crippen molar-refractivity contribution in [3.8, 4) is 0 Å². The highest BCUT2D eigenvalue weighted by atomic mass is 16.1. The lowest BCUT2D eigenvalue weighted by Crippen LogP contribution is -2.43. The van der Waals surface area contributed by atoms with Crippen LogP contribution >= 0.6 is 0 Å². The Morgan fingerprint density at radius 3 is 2.71 bits per heavy atom. The molecule has 1 saturated heterocycles. The molecule has 1 aromatic carbocycles. The third kappa shape index (κ3) is 5.25. The van der Waals surface area contributed by atoms with Gasteiger partial charge in [0.2, 0.25) is 5.91 Å². The lowest BCUT2D eigenvalue weighted by Gasteiger charge is -2.30. The smallest absolute Gasteiger partial charge is 0.225 e. The molecule has 0 spiro atoms. The lowest BCUT2D eigenvalue weighted by molar-refractivity contribution is -0.116. The first kappa shape index (κ1) is 20.6. The van der Waals surface area contributed by atoms with E-state index in [2.05, 4.69) is 47.7 Å². The van der Waals surface area contributed by atoms with E-state index in [0.717, 1.165) is 24.7 Å². The van der Waals surface area contributed by atoms with E-state index in [9.17, 15) is 4.79 Å². The molecule has 1 fully saturated rings. The number of nitrogens with one attached hydrogen (secondary N) is 3. The highest BCUT2D eigenvalue weighted by Gasteiger charge is 2.26. The third-order valence-corrected chi connectivity index (χ3v) is 5.78. The Balaban J connectivity index is 1.64. The molecule has 1 aromatic rings. The van der Waals surface area contributed by atoms with Gasteiger partial charge in [0, 0.05) is 37.2 Å². The molecule has 2 atom stereocenters. The van der Waals surface area contributed by atoms with Gasteiger partial charge in [-0.05, 0) is 50.4 Å². The van der Waals surface area contributed by atoms with Gasteiger partial charge in [0.05, 0.1) is 6.54 Å². The van der Waals surface area contributed by atoms with E-state index < -0.39 is 0 Å². The molecule has 2 aliphatic heterocycles. The number of aliphatic imine (C=N–C) groups is 1. The summed E-state index contributed by atoms with van der Waals surface area (Å²) in [6, 6.07) is 8.56. The van der Waals surface area contributed by atoms with Crippen molar-refractivity contribution in [3.05, 3.63) is 29.8 Å². The highest BCUT2D eigenvalue weighted by molar-refractivity contribution is 5.94. The monoisotopic (exact) mass is 385 g/mol. The number of likely N-dealkylation sites (tertiary alicyclic amines) is 1. The molecule has 2 heterocycles. The second-order valence-electron chi connectivity index (χ2n) is 8.19. The largest absolute Gasteiger partial charge is 0.357 e. The zero-order valence-electron chi connectivity index (χ0n) is 17.5. The van der Waals surface area contributed by atoms with Crippen LogP contribution in [-0.4, -0.2) is 55.5 Å². The highest BCUT2D eigenvalue weighted by Crippen LogP contribution is 2.31. The molecule has 2 unspecified atom stereocenters. The van der Waals surface area contributed by atoms with E-state index in [1.54, 1.807) is 0 Å². The zero-order chi connectivity index (χ0) is 19.9. The molecule has 154 valence electrons. The van der Waals surface area contributed by atoms with Crippen LogP contribution in [0.3, 0.4) is 0 Å². The fourth-order valence-corrected chi connectivity index (χ4v) is 4.25. The van der Waals surface area contributed by atoms with Gasteiger partial charge < -0.3 is 16.0 Å². The van der Waals surface area contributed by atoms with E-state index in [-0.39, 0.29) is 11.8 Å². The predicted octanol–water partition coefficient (Wildman–Crippen LogP) is 2.79. The Morgan fingerprint density at radius 2 is 2.00 bits per heavy atom. The zero-order valence-corrected chi connectivity index (χ0v) is 17.5. The maximum absolute atomic E-state index is 12.1. The Hall–Kier alpha value is -2.08. The van der Waals surface area contributed by atoms with Crippen LogP contribution < -0.4 is 16.0 Å². The summed E-state index contributed by atoms with van der Waals surface area (Å²) >= 11 is 0. The first-order valence-electron chi connectivity index (χ1n) is 10.7. The maximum atomic E-state index is 12.1. The third-order valence-electron chi connectivity index (χ3n) is 5.78. The molecule has 0 saturated carbocycles. The quantitative estimate of drug-likeness (QED) is 0.499. The topological polar surface area (TPSA) is 68.8 Å². The summed E-state index contributed by atoms with van der Waals surface area (Å²) in [6.45, 7) is 11.4. The molecular weight excluding hydrogens is 350 g/mol. The number of hydrogen-bond donors (Lipinski definition) is 3. The number of anilines is 1. The van der Waals surface area contributed by atoms with Gasteiger partial charge in [-0.2, -0.15) is 0 Å². The molecule has 6 heteroatoms. The van der Waals surface area contributed by atoms with Gasteiger partial charge in [-0.15, -0.1) is 0 Å². The number of carbonyl (C=O) groups is 1. The molecule has 28 heavy (non-hydrogen) atoms. The molecule has 0 bridgehead atoms. The average Bonchev–Trinajstić information content (AvgIpc) is 3.20. The molecule has 3 N–H and O–H groups in total. The number of carbonyl (C=O) groups excluding carboxylic acids is 1. The molecule has 1 amide bonds. The first-order valence-corrected chi connectivity index (χ1v) is 10.7. The van der Waals surface area contributed by atoms with Crippen molar-refractivity contribution in [1.82, 2.24) is 15.5 Å². The first-order chi connectivity index (χ1) is 13.6. The van der Waals surface area contributed by atoms with E-state index in [0.29, 0.717) is 24.9 Å². The molecule has 3 rings (SSSR count). The summed E-state index contributed by atoms with van der Waals surface area (Å²) in [7, 11) is 0. The van der Waals surface area contributed by atoms with Crippen LogP contribution in [0.1, 0.15) is 51.5 Å². The van der Waals surface area contributed by atoms with Gasteiger partial charge in [0.1, 0.15) is 0 Å². The van der Waals surface area contributed by atoms with Crippen molar-refractivity contribution in [3.63, 3.8) is 0 Å².